The minimum absolute atomic E-state index is 0.844. The number of rotatable bonds is 12. The first-order valence-electron chi connectivity index (χ1n) is 8.12. The van der Waals surface area contributed by atoms with E-state index in [0.717, 1.165) is 28.0 Å². The van der Waals surface area contributed by atoms with Gasteiger partial charge in [-0.25, -0.2) is 0 Å². The zero-order chi connectivity index (χ0) is 13.8. The van der Waals surface area contributed by atoms with E-state index in [1.807, 2.05) is 0 Å². The van der Waals surface area contributed by atoms with Crippen molar-refractivity contribution in [1.29, 1.82) is 0 Å². The van der Waals surface area contributed by atoms with E-state index in [4.69, 9.17) is 0 Å². The molecule has 0 bridgehead atoms. The first kappa shape index (κ1) is 18.8. The molecule has 2 nitrogen and oxygen atoms in total. The van der Waals surface area contributed by atoms with Crippen LogP contribution in [0, 0.1) is 0 Å². The van der Waals surface area contributed by atoms with Crippen LogP contribution < -0.4 is 0 Å². The second-order valence-corrected chi connectivity index (χ2v) is 10.1. The Kier molecular flexibility index (Phi) is 13.4. The van der Waals surface area contributed by atoms with Crippen molar-refractivity contribution >= 4 is 24.4 Å². The molecule has 0 atom stereocenters. The first-order valence-corrected chi connectivity index (χ1v) is 11.4. The van der Waals surface area contributed by atoms with Crippen molar-refractivity contribution in [3.8, 4) is 0 Å². The van der Waals surface area contributed by atoms with Gasteiger partial charge in [0.2, 0.25) is 0 Å². The molecular weight excluding hydrogens is 323 g/mol. The van der Waals surface area contributed by atoms with E-state index < -0.39 is 0 Å². The maximum atomic E-state index is 2.55. The van der Waals surface area contributed by atoms with Crippen molar-refractivity contribution in [1.82, 2.24) is 9.80 Å². The molecule has 0 saturated heterocycles. The van der Waals surface area contributed by atoms with Gasteiger partial charge in [0.25, 0.3) is 0 Å². The van der Waals surface area contributed by atoms with Crippen LogP contribution in [0.15, 0.2) is 0 Å². The van der Waals surface area contributed by atoms with Crippen LogP contribution >= 0.6 is 0 Å². The summed E-state index contributed by atoms with van der Waals surface area (Å²) in [5, 5.41) is 0. The van der Waals surface area contributed by atoms with E-state index in [-0.39, 0.29) is 0 Å². The molecule has 0 aromatic carbocycles. The zero-order valence-corrected chi connectivity index (χ0v) is 19.3. The van der Waals surface area contributed by atoms with Gasteiger partial charge in [-0.05, 0) is 0 Å². The SMILES string of the molecule is CCN(CC)CCC[CH]([InH2])CCCN(CC)CC. The molecule has 0 radical (unpaired) electrons. The van der Waals surface area contributed by atoms with Crippen molar-refractivity contribution in [3.05, 3.63) is 0 Å². The average molecular weight is 358 g/mol. The fourth-order valence-electron chi connectivity index (χ4n) is 2.55. The molecule has 0 spiro atoms. The van der Waals surface area contributed by atoms with E-state index in [1.165, 1.54) is 65.0 Å². The van der Waals surface area contributed by atoms with Crippen LogP contribution in [0.1, 0.15) is 53.4 Å². The normalized spacial score (nSPS) is 11.9. The molecule has 0 aromatic rings. The topological polar surface area (TPSA) is 6.48 Å². The van der Waals surface area contributed by atoms with Gasteiger partial charge in [0.05, 0.1) is 0 Å². The minimum atomic E-state index is 0.844. The van der Waals surface area contributed by atoms with Gasteiger partial charge in [-0.15, -0.1) is 0 Å². The molecule has 0 saturated carbocycles. The summed E-state index contributed by atoms with van der Waals surface area (Å²) in [6.07, 6.45) is 5.83. The van der Waals surface area contributed by atoms with E-state index in [1.54, 1.807) is 0 Å². The summed E-state index contributed by atoms with van der Waals surface area (Å²) in [7, 11) is 0. The summed E-state index contributed by atoms with van der Waals surface area (Å²) in [5.41, 5.74) is 0. The van der Waals surface area contributed by atoms with Gasteiger partial charge in [0.15, 0.2) is 0 Å². The van der Waals surface area contributed by atoms with Gasteiger partial charge >= 0.3 is 130 Å². The summed E-state index contributed by atoms with van der Waals surface area (Å²) >= 11 is 0.844. The fourth-order valence-corrected chi connectivity index (χ4v) is 4.88. The zero-order valence-electron chi connectivity index (χ0n) is 13.5. The van der Waals surface area contributed by atoms with Gasteiger partial charge in [-0.3, -0.25) is 0 Å². The monoisotopic (exact) mass is 358 g/mol. The molecule has 0 aromatic heterocycles. The molecular formula is C15H35InN2. The molecule has 18 heavy (non-hydrogen) atoms. The van der Waals surface area contributed by atoms with Crippen molar-refractivity contribution in [2.24, 2.45) is 0 Å². The fraction of sp³-hybridized carbons (Fsp3) is 1.00. The van der Waals surface area contributed by atoms with E-state index in [9.17, 15) is 0 Å². The van der Waals surface area contributed by atoms with Crippen molar-refractivity contribution in [3.63, 3.8) is 0 Å². The molecule has 0 aliphatic rings. The molecule has 0 N–H and O–H groups in total. The molecule has 0 aliphatic carbocycles. The molecule has 0 rings (SSSR count). The Balaban J connectivity index is 3.50. The van der Waals surface area contributed by atoms with E-state index in [2.05, 4.69) is 37.5 Å². The molecule has 0 aliphatic heterocycles. The maximum absolute atomic E-state index is 2.55. The summed E-state index contributed by atoms with van der Waals surface area (Å²) in [5.74, 6) is 0. The van der Waals surface area contributed by atoms with E-state index in [0.29, 0.717) is 0 Å². The van der Waals surface area contributed by atoms with Crippen LogP contribution in [-0.4, -0.2) is 73.4 Å². The second-order valence-electron chi connectivity index (χ2n) is 5.44. The predicted octanol–water partition coefficient (Wildman–Crippen LogP) is 2.65. The molecule has 3 heteroatoms. The Labute approximate surface area is 130 Å². The van der Waals surface area contributed by atoms with Crippen LogP contribution in [0.3, 0.4) is 0 Å². The van der Waals surface area contributed by atoms with Gasteiger partial charge in [-0.2, -0.15) is 0 Å². The second kappa shape index (κ2) is 12.8. The molecule has 108 valence electrons. The summed E-state index contributed by atoms with van der Waals surface area (Å²) < 4.78 is 1.11. The Morgan fingerprint density at radius 2 is 1.06 bits per heavy atom. The molecule has 0 fully saturated rings. The number of hydrogen-bond acceptors (Lipinski definition) is 2. The standard InChI is InChI=1S/C15H33N2.In.2H/c1-5-16(6-2)14-12-10-9-11-13-15-17(7-3)8-4;;;/h9H,5-8,10-15H2,1-4H3;;;. The average Bonchev–Trinajstić information content (AvgIpc) is 2.40. The summed E-state index contributed by atoms with van der Waals surface area (Å²) in [6.45, 7) is 16.6. The third-order valence-electron chi connectivity index (χ3n) is 4.13. The quantitative estimate of drug-likeness (QED) is 0.529. The predicted molar refractivity (Wildman–Crippen MR) is 86.3 cm³/mol. The van der Waals surface area contributed by atoms with Gasteiger partial charge in [0.1, 0.15) is 0 Å². The third-order valence-corrected chi connectivity index (χ3v) is 7.43. The summed E-state index contributed by atoms with van der Waals surface area (Å²) in [6, 6.07) is 0. The third kappa shape index (κ3) is 9.69. The Morgan fingerprint density at radius 3 is 1.33 bits per heavy atom. The Bertz CT molecular complexity index is 150. The molecule has 0 heterocycles. The Morgan fingerprint density at radius 1 is 0.722 bits per heavy atom. The van der Waals surface area contributed by atoms with Crippen molar-refractivity contribution in [2.75, 3.05) is 39.3 Å². The van der Waals surface area contributed by atoms with E-state index >= 15 is 0 Å². The number of nitrogens with zero attached hydrogens (tertiary/aromatic N) is 2. The van der Waals surface area contributed by atoms with Crippen LogP contribution in [-0.2, 0) is 0 Å². The molecule has 0 unspecified atom stereocenters. The van der Waals surface area contributed by atoms with Crippen LogP contribution in [0.25, 0.3) is 0 Å². The molecule has 0 amide bonds. The van der Waals surface area contributed by atoms with Crippen LogP contribution in [0.4, 0.5) is 0 Å². The van der Waals surface area contributed by atoms with Crippen molar-refractivity contribution in [2.45, 2.75) is 57.1 Å². The number of hydrogen-bond donors (Lipinski definition) is 0. The first-order chi connectivity index (χ1) is 8.67. The van der Waals surface area contributed by atoms with Gasteiger partial charge < -0.3 is 0 Å². The van der Waals surface area contributed by atoms with Crippen LogP contribution in [0.2, 0.25) is 3.67 Å². The van der Waals surface area contributed by atoms with Crippen molar-refractivity contribution < 1.29 is 0 Å². The summed E-state index contributed by atoms with van der Waals surface area (Å²) in [4.78, 5) is 5.11. The van der Waals surface area contributed by atoms with Gasteiger partial charge in [-0.1, -0.05) is 0 Å². The van der Waals surface area contributed by atoms with Gasteiger partial charge in [0, 0.05) is 0 Å². The van der Waals surface area contributed by atoms with Crippen LogP contribution in [0.5, 0.6) is 0 Å². The Hall–Kier alpha value is 0.790.